The number of nitrogens with one attached hydrogen (secondary N) is 1. The Bertz CT molecular complexity index is 785. The number of carbonyl (C=O) groups excluding carboxylic acids is 2. The van der Waals surface area contributed by atoms with Crippen molar-refractivity contribution in [3.8, 4) is 0 Å². The summed E-state index contributed by atoms with van der Waals surface area (Å²) >= 11 is 1.50. The maximum atomic E-state index is 13.0. The molecule has 0 saturated carbocycles. The molecule has 2 aromatic carbocycles. The third kappa shape index (κ3) is 6.71. The molecule has 1 unspecified atom stereocenters. The SMILES string of the molecule is Cc1ccc(CN(C(=O)CSc2ccc(C)cc2)C(C)C(=O)NC(C)C)cc1. The quantitative estimate of drug-likeness (QED) is 0.673. The average Bonchev–Trinajstić information content (AvgIpc) is 2.65. The molecule has 1 atom stereocenters. The first-order valence-electron chi connectivity index (χ1n) is 9.61. The van der Waals surface area contributed by atoms with Crippen molar-refractivity contribution in [3.05, 3.63) is 65.2 Å². The minimum absolute atomic E-state index is 0.0354. The van der Waals surface area contributed by atoms with Gasteiger partial charge in [0, 0.05) is 17.5 Å². The van der Waals surface area contributed by atoms with E-state index in [-0.39, 0.29) is 17.9 Å². The van der Waals surface area contributed by atoms with Gasteiger partial charge in [0.2, 0.25) is 11.8 Å². The molecule has 0 aromatic heterocycles. The number of hydrogen-bond acceptors (Lipinski definition) is 3. The van der Waals surface area contributed by atoms with Gasteiger partial charge in [-0.15, -0.1) is 11.8 Å². The molecule has 0 aliphatic rings. The lowest BCUT2D eigenvalue weighted by Crippen LogP contribution is -2.49. The van der Waals surface area contributed by atoms with Crippen LogP contribution in [-0.4, -0.2) is 34.6 Å². The maximum absolute atomic E-state index is 13.0. The van der Waals surface area contributed by atoms with Crippen LogP contribution < -0.4 is 5.32 Å². The Kier molecular flexibility index (Phi) is 8.12. The zero-order valence-corrected chi connectivity index (χ0v) is 18.2. The Morgan fingerprint density at radius 1 is 0.929 bits per heavy atom. The average molecular weight is 399 g/mol. The zero-order valence-electron chi connectivity index (χ0n) is 17.4. The maximum Gasteiger partial charge on any atom is 0.242 e. The molecule has 2 rings (SSSR count). The van der Waals surface area contributed by atoms with Gasteiger partial charge in [-0.2, -0.15) is 0 Å². The lowest BCUT2D eigenvalue weighted by atomic mass is 10.1. The van der Waals surface area contributed by atoms with Gasteiger partial charge in [-0.05, 0) is 52.3 Å². The fourth-order valence-electron chi connectivity index (χ4n) is 2.74. The Hall–Kier alpha value is -2.27. The normalized spacial score (nSPS) is 11.9. The summed E-state index contributed by atoms with van der Waals surface area (Å²) in [5.41, 5.74) is 3.38. The molecule has 5 heteroatoms. The highest BCUT2D eigenvalue weighted by Gasteiger charge is 2.26. The van der Waals surface area contributed by atoms with Crippen LogP contribution >= 0.6 is 11.8 Å². The second-order valence-corrected chi connectivity index (χ2v) is 8.50. The zero-order chi connectivity index (χ0) is 20.7. The fraction of sp³-hybridized carbons (Fsp3) is 0.391. The molecule has 0 fully saturated rings. The smallest absolute Gasteiger partial charge is 0.242 e. The molecule has 28 heavy (non-hydrogen) atoms. The van der Waals surface area contributed by atoms with E-state index in [1.54, 1.807) is 11.8 Å². The first kappa shape index (κ1) is 22.0. The van der Waals surface area contributed by atoms with Gasteiger partial charge in [-0.25, -0.2) is 0 Å². The van der Waals surface area contributed by atoms with Crippen molar-refractivity contribution in [2.75, 3.05) is 5.75 Å². The molecule has 150 valence electrons. The lowest BCUT2D eigenvalue weighted by Gasteiger charge is -2.29. The molecule has 0 heterocycles. The van der Waals surface area contributed by atoms with Crippen molar-refractivity contribution >= 4 is 23.6 Å². The molecule has 2 aromatic rings. The molecule has 4 nitrogen and oxygen atoms in total. The molecule has 0 saturated heterocycles. The van der Waals surface area contributed by atoms with Crippen LogP contribution in [0.25, 0.3) is 0 Å². The van der Waals surface area contributed by atoms with E-state index in [0.717, 1.165) is 10.5 Å². The van der Waals surface area contributed by atoms with E-state index in [9.17, 15) is 9.59 Å². The number of benzene rings is 2. The summed E-state index contributed by atoms with van der Waals surface area (Å²) in [5, 5.41) is 2.91. The van der Waals surface area contributed by atoms with Gasteiger partial charge < -0.3 is 10.2 Å². The van der Waals surface area contributed by atoms with E-state index in [4.69, 9.17) is 0 Å². The number of nitrogens with zero attached hydrogens (tertiary/aromatic N) is 1. The van der Waals surface area contributed by atoms with E-state index in [1.165, 1.54) is 22.9 Å². The predicted octanol–water partition coefficient (Wildman–Crippen LogP) is 4.34. The second-order valence-electron chi connectivity index (χ2n) is 7.45. The van der Waals surface area contributed by atoms with Crippen LogP contribution in [0.4, 0.5) is 0 Å². The molecule has 0 aliphatic carbocycles. The highest BCUT2D eigenvalue weighted by atomic mass is 32.2. The van der Waals surface area contributed by atoms with Gasteiger partial charge in [0.05, 0.1) is 5.75 Å². The van der Waals surface area contributed by atoms with E-state index >= 15 is 0 Å². The molecule has 0 spiro atoms. The molecular weight excluding hydrogens is 368 g/mol. The molecule has 2 amide bonds. The number of carbonyl (C=O) groups is 2. The molecule has 0 bridgehead atoms. The minimum Gasteiger partial charge on any atom is -0.352 e. The summed E-state index contributed by atoms with van der Waals surface area (Å²) in [6, 6.07) is 15.7. The number of amides is 2. The Labute approximate surface area is 172 Å². The van der Waals surface area contributed by atoms with Crippen LogP contribution in [0.2, 0.25) is 0 Å². The monoisotopic (exact) mass is 398 g/mol. The van der Waals surface area contributed by atoms with Crippen LogP contribution in [0.15, 0.2) is 53.4 Å². The van der Waals surface area contributed by atoms with E-state index in [0.29, 0.717) is 12.3 Å². The first-order valence-corrected chi connectivity index (χ1v) is 10.6. The number of rotatable bonds is 8. The van der Waals surface area contributed by atoms with Crippen LogP contribution in [0.3, 0.4) is 0 Å². The molecule has 1 N–H and O–H groups in total. The van der Waals surface area contributed by atoms with E-state index < -0.39 is 6.04 Å². The van der Waals surface area contributed by atoms with Gasteiger partial charge in [0.25, 0.3) is 0 Å². The highest BCUT2D eigenvalue weighted by Crippen LogP contribution is 2.20. The van der Waals surface area contributed by atoms with E-state index in [2.05, 4.69) is 5.32 Å². The van der Waals surface area contributed by atoms with Crippen molar-refractivity contribution in [1.82, 2.24) is 10.2 Å². The number of aryl methyl sites for hydroxylation is 2. The Balaban J connectivity index is 2.12. The van der Waals surface area contributed by atoms with Gasteiger partial charge >= 0.3 is 0 Å². The van der Waals surface area contributed by atoms with Crippen LogP contribution in [0.1, 0.15) is 37.5 Å². The van der Waals surface area contributed by atoms with Gasteiger partial charge in [0.1, 0.15) is 6.04 Å². The van der Waals surface area contributed by atoms with Crippen molar-refractivity contribution in [3.63, 3.8) is 0 Å². The van der Waals surface area contributed by atoms with Gasteiger partial charge in [-0.1, -0.05) is 47.5 Å². The number of thioether (sulfide) groups is 1. The van der Waals surface area contributed by atoms with Gasteiger partial charge in [0.15, 0.2) is 0 Å². The highest BCUT2D eigenvalue weighted by molar-refractivity contribution is 8.00. The third-order valence-electron chi connectivity index (χ3n) is 4.46. The largest absolute Gasteiger partial charge is 0.352 e. The minimum atomic E-state index is -0.533. The Morgan fingerprint density at radius 3 is 2.00 bits per heavy atom. The van der Waals surface area contributed by atoms with Crippen LogP contribution in [0, 0.1) is 13.8 Å². The predicted molar refractivity (Wildman–Crippen MR) is 116 cm³/mol. The Morgan fingerprint density at radius 2 is 1.46 bits per heavy atom. The van der Waals surface area contributed by atoms with Crippen LogP contribution in [0.5, 0.6) is 0 Å². The lowest BCUT2D eigenvalue weighted by molar-refractivity contribution is -0.138. The summed E-state index contributed by atoms with van der Waals surface area (Å²) in [6.07, 6.45) is 0. The summed E-state index contributed by atoms with van der Waals surface area (Å²) in [7, 11) is 0. The summed E-state index contributed by atoms with van der Waals surface area (Å²) < 4.78 is 0. The molecular formula is C23H30N2O2S. The topological polar surface area (TPSA) is 49.4 Å². The molecule has 0 radical (unpaired) electrons. The number of hydrogen-bond donors (Lipinski definition) is 1. The summed E-state index contributed by atoms with van der Waals surface area (Å²) in [6.45, 7) is 10.1. The summed E-state index contributed by atoms with van der Waals surface area (Å²) in [4.78, 5) is 28.3. The summed E-state index contributed by atoms with van der Waals surface area (Å²) in [5.74, 6) is 0.127. The van der Waals surface area contributed by atoms with Crippen molar-refractivity contribution < 1.29 is 9.59 Å². The van der Waals surface area contributed by atoms with Crippen molar-refractivity contribution in [2.45, 2.75) is 58.1 Å². The molecule has 0 aliphatic heterocycles. The second kappa shape index (κ2) is 10.3. The fourth-order valence-corrected chi connectivity index (χ4v) is 3.52. The van der Waals surface area contributed by atoms with Crippen molar-refractivity contribution in [1.29, 1.82) is 0 Å². The first-order chi connectivity index (χ1) is 13.3. The van der Waals surface area contributed by atoms with Crippen molar-refractivity contribution in [2.24, 2.45) is 0 Å². The standard InChI is InChI=1S/C23H30N2O2S/c1-16(2)24-23(27)19(5)25(14-20-10-6-17(3)7-11-20)22(26)15-28-21-12-8-18(4)9-13-21/h6-13,16,19H,14-15H2,1-5H3,(H,24,27). The van der Waals surface area contributed by atoms with Gasteiger partial charge in [-0.3, -0.25) is 9.59 Å². The third-order valence-corrected chi connectivity index (χ3v) is 5.45. The van der Waals surface area contributed by atoms with Crippen LogP contribution in [-0.2, 0) is 16.1 Å². The van der Waals surface area contributed by atoms with E-state index in [1.807, 2.05) is 76.2 Å².